The van der Waals surface area contributed by atoms with Crippen LogP contribution in [-0.2, 0) is 44.5 Å². The third kappa shape index (κ3) is 8.97. The van der Waals surface area contributed by atoms with E-state index in [0.717, 1.165) is 127 Å². The minimum atomic E-state index is -0.890. The molecule has 0 unspecified atom stereocenters. The molecule has 54 heavy (non-hydrogen) atoms. The van der Waals surface area contributed by atoms with E-state index in [0.29, 0.717) is 26.1 Å². The highest BCUT2D eigenvalue weighted by molar-refractivity contribution is 6.61. The number of hydrogen-bond acceptors (Lipinski definition) is 10. The van der Waals surface area contributed by atoms with Gasteiger partial charge < -0.3 is 38.6 Å². The average Bonchev–Trinajstić information content (AvgIpc) is 3.19. The minimum absolute atomic E-state index is 0.0813. The molecule has 2 N–H and O–H groups in total. The zero-order valence-electron chi connectivity index (χ0n) is 31.2. The first kappa shape index (κ1) is 38.0. The van der Waals surface area contributed by atoms with Crippen molar-refractivity contribution >= 4 is 48.1 Å². The quantitative estimate of drug-likeness (QED) is 0.207. The van der Waals surface area contributed by atoms with Crippen LogP contribution in [0.2, 0.25) is 0 Å². The van der Waals surface area contributed by atoms with E-state index in [1.54, 1.807) is 0 Å². The molecule has 8 rings (SSSR count). The van der Waals surface area contributed by atoms with Gasteiger partial charge in [0.15, 0.2) is 11.6 Å². The van der Waals surface area contributed by atoms with Crippen LogP contribution < -0.4 is 20.7 Å². The van der Waals surface area contributed by atoms with Crippen molar-refractivity contribution in [3.05, 3.63) is 117 Å². The maximum Gasteiger partial charge on any atom is 0.491 e. The molecule has 4 aliphatic rings. The third-order valence-corrected chi connectivity index (χ3v) is 10.7. The number of fused-ring (bicyclic) bond motifs is 2. The third-order valence-electron chi connectivity index (χ3n) is 10.7. The molecular weight excluding hydrogens is 682 g/mol. The summed E-state index contributed by atoms with van der Waals surface area (Å²) in [7, 11) is -1.78. The molecule has 0 bridgehead atoms. The molecule has 4 heterocycles. The van der Waals surface area contributed by atoms with Gasteiger partial charge in [-0.3, -0.25) is 9.59 Å². The lowest BCUT2D eigenvalue weighted by Gasteiger charge is -2.30. The van der Waals surface area contributed by atoms with Crippen molar-refractivity contribution in [3.8, 4) is 0 Å². The molecule has 0 amide bonds. The Morgan fingerprint density at radius 3 is 1.72 bits per heavy atom. The summed E-state index contributed by atoms with van der Waals surface area (Å²) in [5, 5.41) is 20.0. The van der Waals surface area contributed by atoms with Crippen LogP contribution in [0.15, 0.2) is 72.8 Å². The summed E-state index contributed by atoms with van der Waals surface area (Å²) < 4.78 is 21.4. The van der Waals surface area contributed by atoms with E-state index in [1.807, 2.05) is 80.6 Å². The highest BCUT2D eigenvalue weighted by atomic mass is 16.5. The van der Waals surface area contributed by atoms with Gasteiger partial charge in [-0.2, -0.15) is 0 Å². The highest BCUT2D eigenvalue weighted by Crippen LogP contribution is 2.24. The zero-order chi connectivity index (χ0) is 37.6. The van der Waals surface area contributed by atoms with Crippen LogP contribution in [0.25, 0.3) is 0 Å². The van der Waals surface area contributed by atoms with Crippen molar-refractivity contribution in [2.45, 2.75) is 39.5 Å². The van der Waals surface area contributed by atoms with Gasteiger partial charge in [0.1, 0.15) is 0 Å². The zero-order valence-corrected chi connectivity index (χ0v) is 31.2. The maximum atomic E-state index is 12.8. The molecule has 4 aromatic carbocycles. The molecule has 0 saturated carbocycles. The molecule has 0 aromatic heterocycles. The smallest absolute Gasteiger partial charge is 0.423 e. The first-order valence-corrected chi connectivity index (χ1v) is 19.0. The fourth-order valence-electron chi connectivity index (χ4n) is 7.70. The lowest BCUT2D eigenvalue weighted by atomic mass is 9.72. The van der Waals surface area contributed by atoms with Crippen molar-refractivity contribution in [1.29, 1.82) is 0 Å². The second-order valence-corrected chi connectivity index (χ2v) is 14.4. The molecule has 280 valence electrons. The minimum Gasteiger partial charge on any atom is -0.423 e. The molecule has 2 fully saturated rings. The summed E-state index contributed by atoms with van der Waals surface area (Å²) in [6.45, 7) is 11.6. The number of hydrogen-bond donors (Lipinski definition) is 2. The van der Waals surface area contributed by atoms with Gasteiger partial charge in [-0.05, 0) is 107 Å². The topological polar surface area (TPSA) is 118 Å². The van der Waals surface area contributed by atoms with Crippen molar-refractivity contribution in [2.24, 2.45) is 0 Å². The van der Waals surface area contributed by atoms with Gasteiger partial charge in [0.2, 0.25) is 0 Å². The normalized spacial score (nSPS) is 17.0. The predicted octanol–water partition coefficient (Wildman–Crippen LogP) is 3.03. The van der Waals surface area contributed by atoms with Crippen molar-refractivity contribution in [1.82, 2.24) is 0 Å². The monoisotopic (exact) mass is 730 g/mol. The van der Waals surface area contributed by atoms with E-state index in [1.165, 1.54) is 5.69 Å². The molecule has 12 heteroatoms. The number of morpholine rings is 2. The van der Waals surface area contributed by atoms with Gasteiger partial charge >= 0.3 is 14.2 Å². The lowest BCUT2D eigenvalue weighted by molar-refractivity contribution is 0.0984. The number of ketones is 2. The number of Topliss-reactive ketones (excluding diaryl/α,β-unsaturated/α-hetero) is 2. The summed E-state index contributed by atoms with van der Waals surface area (Å²) >= 11 is 0. The lowest BCUT2D eigenvalue weighted by Crippen LogP contribution is -2.41. The van der Waals surface area contributed by atoms with Crippen LogP contribution in [-0.4, -0.2) is 102 Å². The molecular formula is C42H48B2N2O8. The highest BCUT2D eigenvalue weighted by Gasteiger charge is 2.27. The van der Waals surface area contributed by atoms with E-state index < -0.39 is 14.2 Å². The van der Waals surface area contributed by atoms with Crippen molar-refractivity contribution < 1.29 is 38.4 Å². The summed E-state index contributed by atoms with van der Waals surface area (Å²) in [6, 6.07) is 23.7. The Labute approximate surface area is 318 Å². The van der Waals surface area contributed by atoms with Crippen molar-refractivity contribution in [3.63, 3.8) is 0 Å². The van der Waals surface area contributed by atoms with Gasteiger partial charge in [0.25, 0.3) is 0 Å². The van der Waals surface area contributed by atoms with Crippen LogP contribution in [0.4, 0.5) is 11.4 Å². The molecule has 0 aliphatic carbocycles. The molecule has 10 nitrogen and oxygen atoms in total. The van der Waals surface area contributed by atoms with Gasteiger partial charge in [0, 0.05) is 74.7 Å². The Morgan fingerprint density at radius 2 is 1.17 bits per heavy atom. The number of carbonyl (C=O) groups excluding carboxylic acids is 2. The number of aryl methyl sites for hydroxylation is 2. The number of ether oxygens (including phenoxy) is 2. The molecule has 2 saturated heterocycles. The van der Waals surface area contributed by atoms with Crippen molar-refractivity contribution in [2.75, 3.05) is 75.6 Å². The fourth-order valence-corrected chi connectivity index (χ4v) is 7.70. The summed E-state index contributed by atoms with van der Waals surface area (Å²) in [5.41, 5.74) is 11.4. The number of rotatable bonds is 8. The second kappa shape index (κ2) is 17.5. The van der Waals surface area contributed by atoms with E-state index >= 15 is 0 Å². The largest absolute Gasteiger partial charge is 0.491 e. The van der Waals surface area contributed by atoms with Gasteiger partial charge in [-0.25, -0.2) is 0 Å². The molecule has 0 spiro atoms. The summed E-state index contributed by atoms with van der Waals surface area (Å²) in [4.78, 5) is 30.2. The first-order valence-electron chi connectivity index (χ1n) is 19.0. The standard InChI is InChI=1S/2C21H24BNO4/c1-15-12-18(4-5-20(15)23-7-10-26-11-8-23)21(24)14-16-2-3-17-6-9-27-22(25)19(17)13-16;1-15-12-18(23-7-10-26-11-8-23)4-5-19(15)21(24)14-16-2-3-17-6-9-27-22(25)20(17)13-16/h2*2-5,12-13,25H,6-11,14H2,1H3. The van der Waals surface area contributed by atoms with Gasteiger partial charge in [-0.1, -0.05) is 36.4 Å². The fraction of sp³-hybridized carbons (Fsp3) is 0.381. The molecule has 0 radical (unpaired) electrons. The Morgan fingerprint density at radius 1 is 0.611 bits per heavy atom. The van der Waals surface area contributed by atoms with Crippen LogP contribution in [0.1, 0.15) is 54.1 Å². The maximum absolute atomic E-state index is 12.8. The van der Waals surface area contributed by atoms with Crippen LogP contribution >= 0.6 is 0 Å². The van der Waals surface area contributed by atoms with E-state index in [2.05, 4.69) is 15.9 Å². The van der Waals surface area contributed by atoms with Crippen LogP contribution in [0.5, 0.6) is 0 Å². The van der Waals surface area contributed by atoms with Crippen LogP contribution in [0, 0.1) is 13.8 Å². The Hall–Kier alpha value is -4.29. The molecule has 0 atom stereocenters. The summed E-state index contributed by atoms with van der Waals surface area (Å²) in [5.74, 6) is 0.171. The Bertz CT molecular complexity index is 1980. The van der Waals surface area contributed by atoms with E-state index in [4.69, 9.17) is 18.8 Å². The predicted molar refractivity (Wildman–Crippen MR) is 212 cm³/mol. The summed E-state index contributed by atoms with van der Waals surface area (Å²) in [6.07, 6.45) is 2.22. The number of nitrogens with zero attached hydrogens (tertiary/aromatic N) is 2. The number of anilines is 2. The first-order chi connectivity index (χ1) is 26.2. The second-order valence-electron chi connectivity index (χ2n) is 14.4. The van der Waals surface area contributed by atoms with Crippen LogP contribution in [0.3, 0.4) is 0 Å². The number of carbonyl (C=O) groups is 2. The Kier molecular flexibility index (Phi) is 12.3. The average molecular weight is 730 g/mol. The SMILES string of the molecule is Cc1cc(C(=O)Cc2ccc3c(c2)B(O)OCC3)ccc1N1CCOCC1.Cc1cc(N2CCOCC2)ccc1C(=O)Cc1ccc2c(c1)B(O)OCC2. The Balaban J connectivity index is 0.000000167. The van der Waals surface area contributed by atoms with E-state index in [-0.39, 0.29) is 11.6 Å². The molecule has 4 aromatic rings. The van der Waals surface area contributed by atoms with Gasteiger partial charge in [0.05, 0.1) is 26.4 Å². The number of benzene rings is 4. The molecule has 4 aliphatic heterocycles. The van der Waals surface area contributed by atoms with Gasteiger partial charge in [-0.15, -0.1) is 0 Å². The van der Waals surface area contributed by atoms with E-state index in [9.17, 15) is 19.6 Å².